The fourth-order valence-corrected chi connectivity index (χ4v) is 2.45. The monoisotopic (exact) mass is 226 g/mol. The van der Waals surface area contributed by atoms with E-state index in [0.717, 1.165) is 30.8 Å². The number of nitrogens with zero attached hydrogens (tertiary/aromatic N) is 2. The Balaban J connectivity index is 2.87. The SMILES string of the molecule is CCC(CC)(CS)Cn1nc(C)cc1C. The van der Waals surface area contributed by atoms with Gasteiger partial charge in [0.2, 0.25) is 0 Å². The van der Waals surface area contributed by atoms with Gasteiger partial charge in [0, 0.05) is 12.2 Å². The largest absolute Gasteiger partial charge is 0.269 e. The molecule has 0 aliphatic carbocycles. The molecule has 15 heavy (non-hydrogen) atoms. The molecular weight excluding hydrogens is 204 g/mol. The van der Waals surface area contributed by atoms with Crippen molar-refractivity contribution in [3.63, 3.8) is 0 Å². The normalized spacial score (nSPS) is 12.1. The second-order valence-corrected chi connectivity index (χ2v) is 4.77. The summed E-state index contributed by atoms with van der Waals surface area (Å²) in [7, 11) is 0. The van der Waals surface area contributed by atoms with Crippen molar-refractivity contribution >= 4 is 12.6 Å². The van der Waals surface area contributed by atoms with Gasteiger partial charge >= 0.3 is 0 Å². The standard InChI is InChI=1S/C12H22N2S/c1-5-12(6-2,9-15)8-14-11(4)7-10(3)13-14/h7,15H,5-6,8-9H2,1-4H3. The summed E-state index contributed by atoms with van der Waals surface area (Å²) in [6.45, 7) is 9.64. The van der Waals surface area contributed by atoms with Gasteiger partial charge in [0.25, 0.3) is 0 Å². The number of hydrogen-bond donors (Lipinski definition) is 1. The first kappa shape index (κ1) is 12.6. The van der Waals surface area contributed by atoms with Gasteiger partial charge in [-0.3, -0.25) is 4.68 Å². The molecule has 1 aromatic rings. The van der Waals surface area contributed by atoms with Crippen LogP contribution in [0, 0.1) is 19.3 Å². The second-order valence-electron chi connectivity index (χ2n) is 4.45. The third kappa shape index (κ3) is 2.77. The van der Waals surface area contributed by atoms with Gasteiger partial charge in [-0.1, -0.05) is 13.8 Å². The Hall–Kier alpha value is -0.440. The van der Waals surface area contributed by atoms with Gasteiger partial charge in [-0.25, -0.2) is 0 Å². The summed E-state index contributed by atoms with van der Waals surface area (Å²) < 4.78 is 2.12. The average molecular weight is 226 g/mol. The van der Waals surface area contributed by atoms with E-state index in [2.05, 4.69) is 49.2 Å². The Morgan fingerprint density at radius 1 is 1.33 bits per heavy atom. The molecule has 0 radical (unpaired) electrons. The van der Waals surface area contributed by atoms with Gasteiger partial charge < -0.3 is 0 Å². The van der Waals surface area contributed by atoms with E-state index in [9.17, 15) is 0 Å². The van der Waals surface area contributed by atoms with Crippen molar-refractivity contribution in [2.45, 2.75) is 47.1 Å². The third-order valence-corrected chi connectivity index (χ3v) is 4.09. The summed E-state index contributed by atoms with van der Waals surface area (Å²) in [5.74, 6) is 0.929. The van der Waals surface area contributed by atoms with E-state index in [1.54, 1.807) is 0 Å². The molecule has 3 heteroatoms. The van der Waals surface area contributed by atoms with Crippen LogP contribution in [0.2, 0.25) is 0 Å². The maximum absolute atomic E-state index is 4.52. The molecule has 0 saturated carbocycles. The maximum Gasteiger partial charge on any atom is 0.0596 e. The average Bonchev–Trinajstić information content (AvgIpc) is 2.54. The zero-order valence-corrected chi connectivity index (χ0v) is 11.1. The molecule has 0 bridgehead atoms. The van der Waals surface area contributed by atoms with Gasteiger partial charge in [0.1, 0.15) is 0 Å². The first-order valence-electron chi connectivity index (χ1n) is 5.69. The molecule has 1 aromatic heterocycles. The highest BCUT2D eigenvalue weighted by molar-refractivity contribution is 7.80. The highest BCUT2D eigenvalue weighted by Gasteiger charge is 2.25. The molecule has 0 aliphatic heterocycles. The van der Waals surface area contributed by atoms with Crippen molar-refractivity contribution in [1.82, 2.24) is 9.78 Å². The molecule has 0 N–H and O–H groups in total. The van der Waals surface area contributed by atoms with E-state index in [-0.39, 0.29) is 0 Å². The van der Waals surface area contributed by atoms with Crippen LogP contribution in [0.5, 0.6) is 0 Å². The lowest BCUT2D eigenvalue weighted by Gasteiger charge is -2.30. The molecule has 2 nitrogen and oxygen atoms in total. The fraction of sp³-hybridized carbons (Fsp3) is 0.750. The zero-order valence-electron chi connectivity index (χ0n) is 10.2. The third-order valence-electron chi connectivity index (χ3n) is 3.42. The number of aryl methyl sites for hydroxylation is 2. The lowest BCUT2D eigenvalue weighted by Crippen LogP contribution is -2.28. The van der Waals surface area contributed by atoms with Crippen LogP contribution < -0.4 is 0 Å². The summed E-state index contributed by atoms with van der Waals surface area (Å²) in [5, 5.41) is 4.52. The number of rotatable bonds is 5. The van der Waals surface area contributed by atoms with Crippen LogP contribution in [0.1, 0.15) is 38.1 Å². The van der Waals surface area contributed by atoms with Crippen LogP contribution in [0.4, 0.5) is 0 Å². The second kappa shape index (κ2) is 5.06. The molecule has 1 heterocycles. The molecule has 0 aliphatic rings. The van der Waals surface area contributed by atoms with Crippen LogP contribution in [0.15, 0.2) is 6.07 Å². The van der Waals surface area contributed by atoms with E-state index in [4.69, 9.17) is 0 Å². The molecule has 0 spiro atoms. The Morgan fingerprint density at radius 3 is 2.27 bits per heavy atom. The van der Waals surface area contributed by atoms with Crippen molar-refractivity contribution in [3.8, 4) is 0 Å². The topological polar surface area (TPSA) is 17.8 Å². The first-order valence-corrected chi connectivity index (χ1v) is 6.32. The molecular formula is C12H22N2S. The van der Waals surface area contributed by atoms with E-state index in [1.165, 1.54) is 5.69 Å². The minimum atomic E-state index is 0.298. The minimum Gasteiger partial charge on any atom is -0.269 e. The Morgan fingerprint density at radius 2 is 1.93 bits per heavy atom. The van der Waals surface area contributed by atoms with E-state index in [1.807, 2.05) is 6.92 Å². The van der Waals surface area contributed by atoms with E-state index >= 15 is 0 Å². The van der Waals surface area contributed by atoms with E-state index < -0.39 is 0 Å². The maximum atomic E-state index is 4.52. The quantitative estimate of drug-likeness (QED) is 0.763. The molecule has 1 rings (SSSR count). The highest BCUT2D eigenvalue weighted by Crippen LogP contribution is 2.30. The highest BCUT2D eigenvalue weighted by atomic mass is 32.1. The smallest absolute Gasteiger partial charge is 0.0596 e. The Labute approximate surface area is 98.5 Å². The van der Waals surface area contributed by atoms with Gasteiger partial charge in [-0.2, -0.15) is 17.7 Å². The lowest BCUT2D eigenvalue weighted by atomic mass is 9.84. The van der Waals surface area contributed by atoms with Gasteiger partial charge in [0.15, 0.2) is 0 Å². The van der Waals surface area contributed by atoms with Gasteiger partial charge in [-0.05, 0) is 43.9 Å². The summed E-state index contributed by atoms with van der Waals surface area (Å²) in [5.41, 5.74) is 2.65. The number of aromatic nitrogens is 2. The Bertz CT molecular complexity index is 305. The predicted molar refractivity (Wildman–Crippen MR) is 68.6 cm³/mol. The van der Waals surface area contributed by atoms with Crippen LogP contribution in [-0.2, 0) is 6.54 Å². The fourth-order valence-electron chi connectivity index (χ4n) is 1.90. The molecule has 0 atom stereocenters. The summed E-state index contributed by atoms with van der Waals surface area (Å²) in [6.07, 6.45) is 2.32. The minimum absolute atomic E-state index is 0.298. The molecule has 0 saturated heterocycles. The first-order chi connectivity index (χ1) is 7.06. The summed E-state index contributed by atoms with van der Waals surface area (Å²) >= 11 is 4.49. The van der Waals surface area contributed by atoms with Crippen molar-refractivity contribution in [1.29, 1.82) is 0 Å². The van der Waals surface area contributed by atoms with Crippen LogP contribution >= 0.6 is 12.6 Å². The van der Waals surface area contributed by atoms with Crippen molar-refractivity contribution in [2.24, 2.45) is 5.41 Å². The summed E-state index contributed by atoms with van der Waals surface area (Å²) in [4.78, 5) is 0. The molecule has 86 valence electrons. The van der Waals surface area contributed by atoms with Gasteiger partial charge in [-0.15, -0.1) is 0 Å². The number of hydrogen-bond acceptors (Lipinski definition) is 2. The Kier molecular flexibility index (Phi) is 4.26. The predicted octanol–water partition coefficient (Wildman–Crippen LogP) is 3.24. The van der Waals surface area contributed by atoms with Crippen molar-refractivity contribution in [3.05, 3.63) is 17.5 Å². The molecule has 0 unspecified atom stereocenters. The molecule has 0 amide bonds. The van der Waals surface area contributed by atoms with Gasteiger partial charge in [0.05, 0.1) is 5.69 Å². The van der Waals surface area contributed by atoms with Crippen LogP contribution in [0.3, 0.4) is 0 Å². The van der Waals surface area contributed by atoms with Crippen LogP contribution in [-0.4, -0.2) is 15.5 Å². The molecule has 0 fully saturated rings. The zero-order chi connectivity index (χ0) is 11.5. The van der Waals surface area contributed by atoms with Crippen molar-refractivity contribution in [2.75, 3.05) is 5.75 Å². The summed E-state index contributed by atoms with van der Waals surface area (Å²) in [6, 6.07) is 2.13. The molecule has 0 aromatic carbocycles. The van der Waals surface area contributed by atoms with E-state index in [0.29, 0.717) is 5.41 Å². The van der Waals surface area contributed by atoms with Crippen molar-refractivity contribution < 1.29 is 0 Å². The van der Waals surface area contributed by atoms with Crippen LogP contribution in [0.25, 0.3) is 0 Å². The number of thiol groups is 1. The lowest BCUT2D eigenvalue weighted by molar-refractivity contribution is 0.244.